The minimum Gasteiger partial charge on any atom is -0.314 e. The molecular formula is C16H22N2S. The SMILES string of the molecule is CCCNC(CCc1nc2ccccc2s1)C1CC1. The first-order chi connectivity index (χ1) is 9.36. The maximum atomic E-state index is 4.74. The number of aromatic nitrogens is 1. The van der Waals surface area contributed by atoms with Crippen molar-refractivity contribution in [3.8, 4) is 0 Å². The number of thiazole rings is 1. The molecule has 3 rings (SSSR count). The molecule has 1 aliphatic carbocycles. The Hall–Kier alpha value is -0.930. The molecule has 1 saturated carbocycles. The fourth-order valence-electron chi connectivity index (χ4n) is 2.64. The van der Waals surface area contributed by atoms with Crippen molar-refractivity contribution in [2.75, 3.05) is 6.54 Å². The third-order valence-electron chi connectivity index (χ3n) is 3.85. The molecule has 1 N–H and O–H groups in total. The Kier molecular flexibility index (Phi) is 4.14. The number of benzene rings is 1. The summed E-state index contributed by atoms with van der Waals surface area (Å²) in [5.41, 5.74) is 1.16. The maximum absolute atomic E-state index is 4.74. The fourth-order valence-corrected chi connectivity index (χ4v) is 3.62. The lowest BCUT2D eigenvalue weighted by Gasteiger charge is -2.17. The molecule has 2 aromatic rings. The summed E-state index contributed by atoms with van der Waals surface area (Å²) in [6.07, 6.45) is 6.43. The molecule has 0 bridgehead atoms. The lowest BCUT2D eigenvalue weighted by atomic mass is 10.1. The highest BCUT2D eigenvalue weighted by molar-refractivity contribution is 7.18. The van der Waals surface area contributed by atoms with Crippen LogP contribution in [0.3, 0.4) is 0 Å². The van der Waals surface area contributed by atoms with Crippen molar-refractivity contribution in [3.63, 3.8) is 0 Å². The van der Waals surface area contributed by atoms with Crippen LogP contribution in [0, 0.1) is 5.92 Å². The van der Waals surface area contributed by atoms with Gasteiger partial charge in [-0.3, -0.25) is 0 Å². The lowest BCUT2D eigenvalue weighted by Crippen LogP contribution is -2.32. The molecule has 0 amide bonds. The van der Waals surface area contributed by atoms with Gasteiger partial charge in [0.15, 0.2) is 0 Å². The monoisotopic (exact) mass is 274 g/mol. The standard InChI is InChI=1S/C16H22N2S/c1-2-11-17-13(12-7-8-12)9-10-16-18-14-5-3-4-6-15(14)19-16/h3-6,12-13,17H,2,7-11H2,1H3. The van der Waals surface area contributed by atoms with E-state index in [9.17, 15) is 0 Å². The number of hydrogen-bond donors (Lipinski definition) is 1. The number of hydrogen-bond acceptors (Lipinski definition) is 3. The second-order valence-corrected chi connectivity index (χ2v) is 6.63. The topological polar surface area (TPSA) is 24.9 Å². The maximum Gasteiger partial charge on any atom is 0.0939 e. The first-order valence-corrected chi connectivity index (χ1v) is 8.26. The molecule has 1 aromatic heterocycles. The van der Waals surface area contributed by atoms with Gasteiger partial charge in [0.2, 0.25) is 0 Å². The van der Waals surface area contributed by atoms with Crippen LogP contribution >= 0.6 is 11.3 Å². The number of nitrogens with one attached hydrogen (secondary N) is 1. The minimum atomic E-state index is 0.715. The van der Waals surface area contributed by atoms with Gasteiger partial charge in [0.1, 0.15) is 0 Å². The highest BCUT2D eigenvalue weighted by Gasteiger charge is 2.30. The predicted molar refractivity (Wildman–Crippen MR) is 82.7 cm³/mol. The molecule has 2 nitrogen and oxygen atoms in total. The largest absolute Gasteiger partial charge is 0.314 e. The summed E-state index contributed by atoms with van der Waals surface area (Å²) in [6.45, 7) is 3.39. The number of para-hydroxylation sites is 1. The van der Waals surface area contributed by atoms with Gasteiger partial charge in [0.05, 0.1) is 15.2 Å². The van der Waals surface area contributed by atoms with Crippen molar-refractivity contribution < 1.29 is 0 Å². The van der Waals surface area contributed by atoms with E-state index in [2.05, 4.69) is 36.5 Å². The van der Waals surface area contributed by atoms with Crippen LogP contribution in [0.1, 0.15) is 37.6 Å². The quantitative estimate of drug-likeness (QED) is 0.825. The number of nitrogens with zero attached hydrogens (tertiary/aromatic N) is 1. The van der Waals surface area contributed by atoms with Gasteiger partial charge in [-0.05, 0) is 50.3 Å². The molecule has 0 radical (unpaired) electrons. The smallest absolute Gasteiger partial charge is 0.0939 e. The second kappa shape index (κ2) is 6.02. The Labute approximate surface area is 119 Å². The fraction of sp³-hybridized carbons (Fsp3) is 0.562. The van der Waals surface area contributed by atoms with Crippen LogP contribution in [0.4, 0.5) is 0 Å². The summed E-state index contributed by atoms with van der Waals surface area (Å²) >= 11 is 1.86. The molecule has 0 aliphatic heterocycles. The second-order valence-electron chi connectivity index (χ2n) is 5.51. The van der Waals surface area contributed by atoms with E-state index in [-0.39, 0.29) is 0 Å². The summed E-state index contributed by atoms with van der Waals surface area (Å²) in [7, 11) is 0. The first kappa shape index (κ1) is 13.1. The van der Waals surface area contributed by atoms with Crippen molar-refractivity contribution in [1.82, 2.24) is 10.3 Å². The molecule has 1 aromatic carbocycles. The zero-order valence-corrected chi connectivity index (χ0v) is 12.4. The van der Waals surface area contributed by atoms with E-state index in [0.717, 1.165) is 24.4 Å². The zero-order chi connectivity index (χ0) is 13.1. The molecule has 102 valence electrons. The van der Waals surface area contributed by atoms with E-state index < -0.39 is 0 Å². The molecule has 1 aliphatic rings. The highest BCUT2D eigenvalue weighted by atomic mass is 32.1. The van der Waals surface area contributed by atoms with Gasteiger partial charge in [-0.2, -0.15) is 0 Å². The molecule has 0 spiro atoms. The van der Waals surface area contributed by atoms with E-state index in [4.69, 9.17) is 4.98 Å². The van der Waals surface area contributed by atoms with E-state index in [1.165, 1.54) is 35.4 Å². The Morgan fingerprint density at radius 1 is 1.37 bits per heavy atom. The van der Waals surface area contributed by atoms with Crippen molar-refractivity contribution in [3.05, 3.63) is 29.3 Å². The Morgan fingerprint density at radius 3 is 2.95 bits per heavy atom. The Bertz CT molecular complexity index is 497. The number of aryl methyl sites for hydroxylation is 1. The predicted octanol–water partition coefficient (Wildman–Crippen LogP) is 4.01. The van der Waals surface area contributed by atoms with Crippen LogP contribution < -0.4 is 5.32 Å². The van der Waals surface area contributed by atoms with Crippen LogP contribution in [-0.2, 0) is 6.42 Å². The van der Waals surface area contributed by atoms with Gasteiger partial charge in [-0.1, -0.05) is 19.1 Å². The number of fused-ring (bicyclic) bond motifs is 1. The molecule has 1 fully saturated rings. The average molecular weight is 274 g/mol. The third-order valence-corrected chi connectivity index (χ3v) is 4.95. The molecule has 3 heteroatoms. The van der Waals surface area contributed by atoms with Crippen molar-refractivity contribution in [2.24, 2.45) is 5.92 Å². The van der Waals surface area contributed by atoms with Crippen LogP contribution in [0.25, 0.3) is 10.2 Å². The van der Waals surface area contributed by atoms with Crippen LogP contribution in [0.5, 0.6) is 0 Å². The average Bonchev–Trinajstić information content (AvgIpc) is 3.18. The van der Waals surface area contributed by atoms with Crippen molar-refractivity contribution >= 4 is 21.6 Å². The third kappa shape index (κ3) is 3.34. The van der Waals surface area contributed by atoms with Gasteiger partial charge in [0.25, 0.3) is 0 Å². The Morgan fingerprint density at radius 2 is 2.21 bits per heavy atom. The normalized spacial score (nSPS) is 16.9. The first-order valence-electron chi connectivity index (χ1n) is 7.44. The molecule has 1 heterocycles. The van der Waals surface area contributed by atoms with Crippen LogP contribution in [0.2, 0.25) is 0 Å². The van der Waals surface area contributed by atoms with Gasteiger partial charge in [-0.15, -0.1) is 11.3 Å². The number of rotatable bonds is 7. The molecule has 19 heavy (non-hydrogen) atoms. The highest BCUT2D eigenvalue weighted by Crippen LogP contribution is 2.35. The van der Waals surface area contributed by atoms with Gasteiger partial charge in [0, 0.05) is 12.5 Å². The van der Waals surface area contributed by atoms with Gasteiger partial charge < -0.3 is 5.32 Å². The molecule has 1 atom stereocenters. The van der Waals surface area contributed by atoms with Gasteiger partial charge in [-0.25, -0.2) is 4.98 Å². The summed E-state index contributed by atoms with van der Waals surface area (Å²) in [6, 6.07) is 9.17. The lowest BCUT2D eigenvalue weighted by molar-refractivity contribution is 0.435. The summed E-state index contributed by atoms with van der Waals surface area (Å²) in [5.74, 6) is 0.931. The molecule has 0 saturated heterocycles. The summed E-state index contributed by atoms with van der Waals surface area (Å²) in [4.78, 5) is 4.74. The summed E-state index contributed by atoms with van der Waals surface area (Å²) < 4.78 is 1.32. The van der Waals surface area contributed by atoms with Crippen LogP contribution in [-0.4, -0.2) is 17.6 Å². The summed E-state index contributed by atoms with van der Waals surface area (Å²) in [5, 5.41) is 5.01. The molecular weight excluding hydrogens is 252 g/mol. The molecule has 1 unspecified atom stereocenters. The van der Waals surface area contributed by atoms with E-state index in [1.54, 1.807) is 0 Å². The van der Waals surface area contributed by atoms with Crippen molar-refractivity contribution in [2.45, 2.75) is 45.1 Å². The van der Waals surface area contributed by atoms with E-state index in [0.29, 0.717) is 6.04 Å². The minimum absolute atomic E-state index is 0.715. The van der Waals surface area contributed by atoms with Crippen LogP contribution in [0.15, 0.2) is 24.3 Å². The van der Waals surface area contributed by atoms with Gasteiger partial charge >= 0.3 is 0 Å². The van der Waals surface area contributed by atoms with Crippen molar-refractivity contribution in [1.29, 1.82) is 0 Å². The Balaban J connectivity index is 1.60. The van der Waals surface area contributed by atoms with E-state index >= 15 is 0 Å². The van der Waals surface area contributed by atoms with E-state index in [1.807, 2.05) is 11.3 Å². The zero-order valence-electron chi connectivity index (χ0n) is 11.6.